The molecular weight excluding hydrogens is 252 g/mol. The predicted octanol–water partition coefficient (Wildman–Crippen LogP) is 3.31. The summed E-state index contributed by atoms with van der Waals surface area (Å²) in [6.45, 7) is 8.11. The van der Waals surface area contributed by atoms with Gasteiger partial charge >= 0.3 is 0 Å². The summed E-state index contributed by atoms with van der Waals surface area (Å²) in [5.74, 6) is 2.70. The van der Waals surface area contributed by atoms with Gasteiger partial charge in [-0.1, -0.05) is 20.8 Å². The summed E-state index contributed by atoms with van der Waals surface area (Å²) in [6, 6.07) is 5.50. The van der Waals surface area contributed by atoms with Crippen molar-refractivity contribution in [3.63, 3.8) is 0 Å². The molecule has 0 radical (unpaired) electrons. The zero-order valence-corrected chi connectivity index (χ0v) is 12.6. The summed E-state index contributed by atoms with van der Waals surface area (Å²) >= 11 is 0. The quantitative estimate of drug-likeness (QED) is 0.928. The van der Waals surface area contributed by atoms with Gasteiger partial charge in [-0.2, -0.15) is 4.98 Å². The fourth-order valence-electron chi connectivity index (χ4n) is 1.63. The van der Waals surface area contributed by atoms with Crippen molar-refractivity contribution in [2.24, 2.45) is 0 Å². The summed E-state index contributed by atoms with van der Waals surface area (Å²) in [4.78, 5) is 13.2. The van der Waals surface area contributed by atoms with Crippen molar-refractivity contribution in [3.8, 4) is 11.6 Å². The number of nitrogens with one attached hydrogen (secondary N) is 1. The number of aryl methyl sites for hydroxylation is 1. The fraction of sp³-hybridized carbons (Fsp3) is 0.400. The van der Waals surface area contributed by atoms with Gasteiger partial charge < -0.3 is 10.1 Å². The van der Waals surface area contributed by atoms with Crippen LogP contribution < -0.4 is 10.1 Å². The Labute approximate surface area is 119 Å². The molecule has 5 nitrogen and oxygen atoms in total. The Balaban J connectivity index is 2.39. The minimum absolute atomic E-state index is 0.144. The highest BCUT2D eigenvalue weighted by atomic mass is 16.5. The van der Waals surface area contributed by atoms with E-state index in [1.807, 2.05) is 26.1 Å². The zero-order chi connectivity index (χ0) is 14.8. The molecule has 0 fully saturated rings. The second-order valence-electron chi connectivity index (χ2n) is 5.60. The van der Waals surface area contributed by atoms with Crippen molar-refractivity contribution in [1.82, 2.24) is 15.0 Å². The van der Waals surface area contributed by atoms with Crippen molar-refractivity contribution in [2.45, 2.75) is 33.1 Å². The van der Waals surface area contributed by atoms with Gasteiger partial charge in [0.15, 0.2) is 5.75 Å². The second-order valence-corrected chi connectivity index (χ2v) is 5.60. The van der Waals surface area contributed by atoms with E-state index in [0.29, 0.717) is 11.6 Å². The molecule has 0 bridgehead atoms. The standard InChI is InChI=1S/C15H20N4O/c1-10-11(7-6-8-17-10)20-13-9-12(16-5)18-14(19-13)15(2,3)4/h6-9H,1-5H3,(H,16,18,19). The van der Waals surface area contributed by atoms with E-state index in [1.165, 1.54) is 0 Å². The molecule has 2 aromatic rings. The van der Waals surface area contributed by atoms with Crippen LogP contribution in [0.25, 0.3) is 0 Å². The zero-order valence-electron chi connectivity index (χ0n) is 12.6. The lowest BCUT2D eigenvalue weighted by Gasteiger charge is -2.18. The van der Waals surface area contributed by atoms with Gasteiger partial charge in [0.1, 0.15) is 11.6 Å². The van der Waals surface area contributed by atoms with Gasteiger partial charge in [-0.15, -0.1) is 0 Å². The lowest BCUT2D eigenvalue weighted by molar-refractivity contribution is 0.441. The number of anilines is 1. The Hall–Kier alpha value is -2.17. The minimum atomic E-state index is -0.144. The molecule has 2 aromatic heterocycles. The third-order valence-corrected chi connectivity index (χ3v) is 2.80. The van der Waals surface area contributed by atoms with Gasteiger partial charge in [0.2, 0.25) is 5.88 Å². The van der Waals surface area contributed by atoms with Gasteiger partial charge in [0, 0.05) is 24.7 Å². The highest BCUT2D eigenvalue weighted by molar-refractivity contribution is 5.40. The van der Waals surface area contributed by atoms with E-state index < -0.39 is 0 Å². The average molecular weight is 272 g/mol. The van der Waals surface area contributed by atoms with Crippen LogP contribution in [0.3, 0.4) is 0 Å². The van der Waals surface area contributed by atoms with Gasteiger partial charge in [0.05, 0.1) is 5.69 Å². The number of ether oxygens (including phenoxy) is 1. The number of hydrogen-bond acceptors (Lipinski definition) is 5. The van der Waals surface area contributed by atoms with Crippen LogP contribution in [-0.2, 0) is 5.41 Å². The van der Waals surface area contributed by atoms with Crippen LogP contribution in [-0.4, -0.2) is 22.0 Å². The van der Waals surface area contributed by atoms with E-state index in [1.54, 1.807) is 12.3 Å². The number of aromatic nitrogens is 3. The smallest absolute Gasteiger partial charge is 0.224 e. The van der Waals surface area contributed by atoms with Crippen LogP contribution in [0.5, 0.6) is 11.6 Å². The van der Waals surface area contributed by atoms with Gasteiger partial charge in [-0.05, 0) is 19.1 Å². The SMILES string of the molecule is CNc1cc(Oc2cccnc2C)nc(C(C)(C)C)n1. The molecule has 0 atom stereocenters. The molecule has 0 aliphatic heterocycles. The third kappa shape index (κ3) is 3.23. The molecule has 106 valence electrons. The van der Waals surface area contributed by atoms with E-state index in [9.17, 15) is 0 Å². The van der Waals surface area contributed by atoms with Crippen LogP contribution in [0.15, 0.2) is 24.4 Å². The molecule has 0 aromatic carbocycles. The van der Waals surface area contributed by atoms with Gasteiger partial charge in [-0.25, -0.2) is 4.98 Å². The monoisotopic (exact) mass is 272 g/mol. The summed E-state index contributed by atoms with van der Waals surface area (Å²) < 4.78 is 5.83. The molecule has 0 aliphatic rings. The summed E-state index contributed by atoms with van der Waals surface area (Å²) in [7, 11) is 1.83. The maximum atomic E-state index is 5.83. The second kappa shape index (κ2) is 5.45. The van der Waals surface area contributed by atoms with Crippen LogP contribution >= 0.6 is 0 Å². The van der Waals surface area contributed by atoms with Crippen molar-refractivity contribution in [3.05, 3.63) is 35.9 Å². The number of pyridine rings is 1. The lowest BCUT2D eigenvalue weighted by Crippen LogP contribution is -2.17. The fourth-order valence-corrected chi connectivity index (χ4v) is 1.63. The Bertz CT molecular complexity index is 605. The lowest BCUT2D eigenvalue weighted by atomic mass is 9.96. The number of nitrogens with zero attached hydrogens (tertiary/aromatic N) is 3. The van der Waals surface area contributed by atoms with E-state index in [-0.39, 0.29) is 5.41 Å². The highest BCUT2D eigenvalue weighted by Crippen LogP contribution is 2.27. The predicted molar refractivity (Wildman–Crippen MR) is 79.3 cm³/mol. The number of rotatable bonds is 3. The normalized spacial score (nSPS) is 11.2. The molecular formula is C15H20N4O. The molecule has 1 N–H and O–H groups in total. The summed E-state index contributed by atoms with van der Waals surface area (Å²) in [5.41, 5.74) is 0.684. The highest BCUT2D eigenvalue weighted by Gasteiger charge is 2.19. The Morgan fingerprint density at radius 1 is 1.20 bits per heavy atom. The van der Waals surface area contributed by atoms with Crippen molar-refractivity contribution < 1.29 is 4.74 Å². The topological polar surface area (TPSA) is 59.9 Å². The van der Waals surface area contributed by atoms with E-state index in [4.69, 9.17) is 4.74 Å². The van der Waals surface area contributed by atoms with Crippen molar-refractivity contribution in [1.29, 1.82) is 0 Å². The summed E-state index contributed by atoms with van der Waals surface area (Å²) in [5, 5.41) is 3.03. The molecule has 20 heavy (non-hydrogen) atoms. The van der Waals surface area contributed by atoms with Crippen LogP contribution in [0.4, 0.5) is 5.82 Å². The first-order valence-corrected chi connectivity index (χ1v) is 6.57. The molecule has 5 heteroatoms. The molecule has 0 saturated heterocycles. The van der Waals surface area contributed by atoms with E-state index in [0.717, 1.165) is 17.3 Å². The van der Waals surface area contributed by atoms with Crippen LogP contribution in [0.1, 0.15) is 32.3 Å². The molecule has 0 amide bonds. The first-order chi connectivity index (χ1) is 9.40. The van der Waals surface area contributed by atoms with Gasteiger partial charge in [0.25, 0.3) is 0 Å². The summed E-state index contributed by atoms with van der Waals surface area (Å²) in [6.07, 6.45) is 1.74. The Morgan fingerprint density at radius 3 is 2.55 bits per heavy atom. The number of hydrogen-bond donors (Lipinski definition) is 1. The average Bonchev–Trinajstić information content (AvgIpc) is 2.40. The molecule has 0 unspecified atom stereocenters. The third-order valence-electron chi connectivity index (χ3n) is 2.80. The molecule has 2 heterocycles. The Morgan fingerprint density at radius 2 is 1.95 bits per heavy atom. The van der Waals surface area contributed by atoms with Gasteiger partial charge in [-0.3, -0.25) is 4.98 Å². The molecule has 0 aliphatic carbocycles. The minimum Gasteiger partial charge on any atom is -0.437 e. The van der Waals surface area contributed by atoms with Crippen LogP contribution in [0.2, 0.25) is 0 Å². The van der Waals surface area contributed by atoms with Crippen molar-refractivity contribution >= 4 is 5.82 Å². The maximum Gasteiger partial charge on any atom is 0.224 e. The first kappa shape index (κ1) is 14.2. The first-order valence-electron chi connectivity index (χ1n) is 6.57. The largest absolute Gasteiger partial charge is 0.437 e. The Kier molecular flexibility index (Phi) is 3.88. The van der Waals surface area contributed by atoms with E-state index >= 15 is 0 Å². The van der Waals surface area contributed by atoms with Crippen molar-refractivity contribution in [2.75, 3.05) is 12.4 Å². The van der Waals surface area contributed by atoms with E-state index in [2.05, 4.69) is 41.0 Å². The molecule has 2 rings (SSSR count). The molecule has 0 spiro atoms. The van der Waals surface area contributed by atoms with Crippen LogP contribution in [0, 0.1) is 6.92 Å². The molecule has 0 saturated carbocycles. The maximum absolute atomic E-state index is 5.83.